The van der Waals surface area contributed by atoms with Crippen LogP contribution in [0.4, 0.5) is 4.39 Å². The van der Waals surface area contributed by atoms with E-state index in [-0.39, 0.29) is 17.5 Å². The van der Waals surface area contributed by atoms with Crippen molar-refractivity contribution >= 4 is 18.5 Å². The summed E-state index contributed by atoms with van der Waals surface area (Å²) in [4.78, 5) is 12.7. The minimum Gasteiger partial charge on any atom is -0.349 e. The van der Waals surface area contributed by atoms with Crippen molar-refractivity contribution in [2.45, 2.75) is 23.8 Å². The van der Waals surface area contributed by atoms with E-state index >= 15 is 0 Å². The van der Waals surface area contributed by atoms with Crippen LogP contribution < -0.4 is 5.32 Å². The molecule has 4 heteroatoms. The Morgan fingerprint density at radius 2 is 1.80 bits per heavy atom. The lowest BCUT2D eigenvalue weighted by Gasteiger charge is -2.12. The monoisotopic (exact) mass is 287 g/mol. The number of amides is 1. The quantitative estimate of drug-likeness (QED) is 0.817. The standard InChI is InChI=1S/C16H14FNOS/c17-15-6-5-13(20)9-14(15)16(19)18-12-7-10-3-1-2-4-11(10)8-12/h1-6,9,12,20H,7-8H2,(H,18,19). The first kappa shape index (κ1) is 13.2. The summed E-state index contributed by atoms with van der Waals surface area (Å²) in [6.45, 7) is 0. The van der Waals surface area contributed by atoms with Crippen molar-refractivity contribution in [3.63, 3.8) is 0 Å². The van der Waals surface area contributed by atoms with E-state index in [4.69, 9.17) is 0 Å². The van der Waals surface area contributed by atoms with Crippen LogP contribution in [0.25, 0.3) is 0 Å². The van der Waals surface area contributed by atoms with Crippen LogP contribution in [0, 0.1) is 5.82 Å². The Bertz CT molecular complexity index is 646. The molecule has 2 aromatic carbocycles. The topological polar surface area (TPSA) is 29.1 Å². The minimum atomic E-state index is -0.518. The molecular formula is C16H14FNOS. The van der Waals surface area contributed by atoms with E-state index in [0.29, 0.717) is 4.90 Å². The zero-order valence-electron chi connectivity index (χ0n) is 10.8. The maximum absolute atomic E-state index is 13.7. The van der Waals surface area contributed by atoms with E-state index in [0.717, 1.165) is 12.8 Å². The average Bonchev–Trinajstić information content (AvgIpc) is 2.83. The predicted octanol–water partition coefficient (Wildman–Crippen LogP) is 3.01. The predicted molar refractivity (Wildman–Crippen MR) is 78.8 cm³/mol. The normalized spacial score (nSPS) is 14.1. The van der Waals surface area contributed by atoms with Gasteiger partial charge in [-0.25, -0.2) is 4.39 Å². The molecule has 0 radical (unpaired) electrons. The molecule has 1 N–H and O–H groups in total. The Kier molecular flexibility index (Phi) is 3.49. The van der Waals surface area contributed by atoms with Crippen LogP contribution in [-0.4, -0.2) is 11.9 Å². The van der Waals surface area contributed by atoms with E-state index in [1.165, 1.54) is 29.3 Å². The molecule has 1 amide bonds. The summed E-state index contributed by atoms with van der Waals surface area (Å²) in [5.41, 5.74) is 2.55. The molecule has 1 aliphatic rings. The number of fused-ring (bicyclic) bond motifs is 1. The highest BCUT2D eigenvalue weighted by Gasteiger charge is 2.23. The highest BCUT2D eigenvalue weighted by molar-refractivity contribution is 7.80. The van der Waals surface area contributed by atoms with Crippen LogP contribution in [0.3, 0.4) is 0 Å². The molecule has 0 aromatic heterocycles. The van der Waals surface area contributed by atoms with Gasteiger partial charge in [-0.3, -0.25) is 4.79 Å². The smallest absolute Gasteiger partial charge is 0.254 e. The second-order valence-electron chi connectivity index (χ2n) is 5.01. The first-order valence-corrected chi connectivity index (χ1v) is 6.94. The minimum absolute atomic E-state index is 0.0304. The third kappa shape index (κ3) is 2.56. The van der Waals surface area contributed by atoms with Gasteiger partial charge in [-0.2, -0.15) is 0 Å². The van der Waals surface area contributed by atoms with Gasteiger partial charge in [0.25, 0.3) is 5.91 Å². The number of benzene rings is 2. The number of hydrogen-bond donors (Lipinski definition) is 2. The Labute approximate surface area is 122 Å². The van der Waals surface area contributed by atoms with Crippen molar-refractivity contribution in [3.05, 3.63) is 65.0 Å². The molecule has 2 aromatic rings. The molecule has 0 unspecified atom stereocenters. The van der Waals surface area contributed by atoms with E-state index in [1.54, 1.807) is 0 Å². The number of carbonyl (C=O) groups is 1. The fourth-order valence-electron chi connectivity index (χ4n) is 2.61. The van der Waals surface area contributed by atoms with Gasteiger partial charge in [0.2, 0.25) is 0 Å². The molecule has 0 fully saturated rings. The van der Waals surface area contributed by atoms with Gasteiger partial charge in [0.1, 0.15) is 5.82 Å². The van der Waals surface area contributed by atoms with Gasteiger partial charge in [-0.05, 0) is 42.2 Å². The van der Waals surface area contributed by atoms with Gasteiger partial charge in [0.15, 0.2) is 0 Å². The molecule has 1 aliphatic carbocycles. The molecule has 102 valence electrons. The number of hydrogen-bond acceptors (Lipinski definition) is 2. The lowest BCUT2D eigenvalue weighted by atomic mass is 10.1. The summed E-state index contributed by atoms with van der Waals surface area (Å²) in [7, 11) is 0. The lowest BCUT2D eigenvalue weighted by Crippen LogP contribution is -2.35. The summed E-state index contributed by atoms with van der Waals surface area (Å²) >= 11 is 4.14. The Balaban J connectivity index is 1.74. The second kappa shape index (κ2) is 5.29. The van der Waals surface area contributed by atoms with Gasteiger partial charge in [-0.1, -0.05) is 24.3 Å². The van der Waals surface area contributed by atoms with Gasteiger partial charge in [0.05, 0.1) is 5.56 Å². The van der Waals surface area contributed by atoms with Crippen molar-refractivity contribution in [1.29, 1.82) is 0 Å². The number of halogens is 1. The van der Waals surface area contributed by atoms with Crippen molar-refractivity contribution in [2.75, 3.05) is 0 Å². The molecule has 0 heterocycles. The number of rotatable bonds is 2. The van der Waals surface area contributed by atoms with Crippen LogP contribution in [0.5, 0.6) is 0 Å². The first-order valence-electron chi connectivity index (χ1n) is 6.49. The first-order chi connectivity index (χ1) is 9.63. The summed E-state index contributed by atoms with van der Waals surface area (Å²) in [5.74, 6) is -0.896. The largest absolute Gasteiger partial charge is 0.349 e. The van der Waals surface area contributed by atoms with Gasteiger partial charge in [0, 0.05) is 10.9 Å². The zero-order chi connectivity index (χ0) is 14.1. The molecule has 0 aliphatic heterocycles. The second-order valence-corrected chi connectivity index (χ2v) is 5.53. The van der Waals surface area contributed by atoms with Crippen LogP contribution in [0.15, 0.2) is 47.4 Å². The van der Waals surface area contributed by atoms with Crippen molar-refractivity contribution in [1.82, 2.24) is 5.32 Å². The Morgan fingerprint density at radius 1 is 1.15 bits per heavy atom. The summed E-state index contributed by atoms with van der Waals surface area (Å²) in [6, 6.07) is 12.4. The molecular weight excluding hydrogens is 273 g/mol. The van der Waals surface area contributed by atoms with E-state index in [2.05, 4.69) is 30.1 Å². The molecule has 0 spiro atoms. The Morgan fingerprint density at radius 3 is 2.45 bits per heavy atom. The fraction of sp³-hybridized carbons (Fsp3) is 0.188. The highest BCUT2D eigenvalue weighted by atomic mass is 32.1. The molecule has 0 bridgehead atoms. The Hall–Kier alpha value is -1.81. The summed E-state index contributed by atoms with van der Waals surface area (Å²) < 4.78 is 13.7. The van der Waals surface area contributed by atoms with Crippen LogP contribution in [0.1, 0.15) is 21.5 Å². The molecule has 2 nitrogen and oxygen atoms in total. The molecule has 20 heavy (non-hydrogen) atoms. The molecule has 0 saturated carbocycles. The van der Waals surface area contributed by atoms with Crippen molar-refractivity contribution < 1.29 is 9.18 Å². The van der Waals surface area contributed by atoms with Gasteiger partial charge in [-0.15, -0.1) is 12.6 Å². The average molecular weight is 287 g/mol. The number of carbonyl (C=O) groups excluding carboxylic acids is 1. The van der Waals surface area contributed by atoms with Gasteiger partial charge >= 0.3 is 0 Å². The molecule has 3 rings (SSSR count). The molecule has 0 atom stereocenters. The maximum Gasteiger partial charge on any atom is 0.254 e. The lowest BCUT2D eigenvalue weighted by molar-refractivity contribution is 0.0934. The number of nitrogens with one attached hydrogen (secondary N) is 1. The third-order valence-electron chi connectivity index (χ3n) is 3.58. The summed E-state index contributed by atoms with van der Waals surface area (Å²) in [6.07, 6.45) is 1.59. The SMILES string of the molecule is O=C(NC1Cc2ccccc2C1)c1cc(S)ccc1F. The number of thiol groups is 1. The van der Waals surface area contributed by atoms with E-state index < -0.39 is 5.82 Å². The van der Waals surface area contributed by atoms with E-state index in [1.807, 2.05) is 12.1 Å². The zero-order valence-corrected chi connectivity index (χ0v) is 11.7. The maximum atomic E-state index is 13.7. The van der Waals surface area contributed by atoms with Crippen molar-refractivity contribution in [2.24, 2.45) is 0 Å². The van der Waals surface area contributed by atoms with Gasteiger partial charge < -0.3 is 5.32 Å². The van der Waals surface area contributed by atoms with Crippen LogP contribution >= 0.6 is 12.6 Å². The van der Waals surface area contributed by atoms with Crippen LogP contribution in [-0.2, 0) is 12.8 Å². The van der Waals surface area contributed by atoms with E-state index in [9.17, 15) is 9.18 Å². The van der Waals surface area contributed by atoms with Crippen molar-refractivity contribution in [3.8, 4) is 0 Å². The highest BCUT2D eigenvalue weighted by Crippen LogP contribution is 2.22. The summed E-state index contributed by atoms with van der Waals surface area (Å²) in [5, 5.41) is 2.90. The fourth-order valence-corrected chi connectivity index (χ4v) is 2.81. The third-order valence-corrected chi connectivity index (χ3v) is 3.86. The van der Waals surface area contributed by atoms with Crippen LogP contribution in [0.2, 0.25) is 0 Å². The molecule has 0 saturated heterocycles.